The van der Waals surface area contributed by atoms with Gasteiger partial charge in [-0.25, -0.2) is 9.18 Å². The highest BCUT2D eigenvalue weighted by Crippen LogP contribution is 2.29. The van der Waals surface area contributed by atoms with Crippen LogP contribution >= 0.6 is 15.9 Å². The summed E-state index contributed by atoms with van der Waals surface area (Å²) in [6.45, 7) is 8.33. The van der Waals surface area contributed by atoms with Crippen molar-refractivity contribution in [3.05, 3.63) is 56.0 Å². The number of hydrogen-bond acceptors (Lipinski definition) is 6. The van der Waals surface area contributed by atoms with E-state index in [0.717, 1.165) is 0 Å². The highest BCUT2D eigenvalue weighted by molar-refractivity contribution is 9.10. The van der Waals surface area contributed by atoms with Gasteiger partial charge in [-0.05, 0) is 80.4 Å². The summed E-state index contributed by atoms with van der Waals surface area (Å²) in [6, 6.07) is 5.17. The monoisotopic (exact) mass is 482 g/mol. The second kappa shape index (κ2) is 9.42. The Bertz CT molecular complexity index is 1010. The molecular formula is C21H24BrFN2O5. The second-order valence-corrected chi connectivity index (χ2v) is 8.23. The Morgan fingerprint density at radius 1 is 1.20 bits per heavy atom. The maximum atomic E-state index is 13.4. The minimum Gasteiger partial charge on any atom is -0.462 e. The SMILES string of the molecule is CCOC(=O)c1c(C)c(Br)c(NCC(=O)OC(C)(C)C)n(-c2ccc(F)cc2)c1=O. The van der Waals surface area contributed by atoms with Crippen LogP contribution in [0.5, 0.6) is 0 Å². The molecular weight excluding hydrogens is 459 g/mol. The minimum absolute atomic E-state index is 0.102. The quantitative estimate of drug-likeness (QED) is 0.626. The zero-order valence-corrected chi connectivity index (χ0v) is 19.1. The standard InChI is InChI=1S/C21H24BrFN2O5/c1-6-29-20(28)16-12(2)17(22)18(24-11-15(26)30-21(3,4)5)25(19(16)27)14-9-7-13(23)8-10-14/h7-10,24H,6,11H2,1-5H3. The summed E-state index contributed by atoms with van der Waals surface area (Å²) >= 11 is 3.40. The number of hydrogen-bond donors (Lipinski definition) is 1. The number of aromatic nitrogens is 1. The second-order valence-electron chi connectivity index (χ2n) is 7.44. The first kappa shape index (κ1) is 23.6. The Balaban J connectivity index is 2.62. The van der Waals surface area contributed by atoms with Crippen molar-refractivity contribution in [3.8, 4) is 5.69 Å². The molecule has 0 aliphatic carbocycles. The van der Waals surface area contributed by atoms with Crippen LogP contribution in [0, 0.1) is 12.7 Å². The van der Waals surface area contributed by atoms with Crippen LogP contribution in [0.3, 0.4) is 0 Å². The van der Waals surface area contributed by atoms with Gasteiger partial charge in [-0.1, -0.05) is 0 Å². The Labute approximate surface area is 182 Å². The number of benzene rings is 1. The molecule has 0 radical (unpaired) electrons. The summed E-state index contributed by atoms with van der Waals surface area (Å²) in [5.74, 6) is -1.55. The van der Waals surface area contributed by atoms with Crippen LogP contribution in [0.25, 0.3) is 5.69 Å². The van der Waals surface area contributed by atoms with Crippen LogP contribution in [-0.4, -0.2) is 35.3 Å². The van der Waals surface area contributed by atoms with Gasteiger partial charge < -0.3 is 14.8 Å². The molecule has 30 heavy (non-hydrogen) atoms. The Morgan fingerprint density at radius 2 is 1.80 bits per heavy atom. The van der Waals surface area contributed by atoms with Crippen LogP contribution in [0.4, 0.5) is 10.2 Å². The number of ether oxygens (including phenoxy) is 2. The predicted molar refractivity (Wildman–Crippen MR) is 115 cm³/mol. The molecule has 0 aliphatic heterocycles. The molecule has 0 spiro atoms. The number of rotatable bonds is 6. The molecule has 0 atom stereocenters. The summed E-state index contributed by atoms with van der Waals surface area (Å²) in [6.07, 6.45) is 0. The van der Waals surface area contributed by atoms with Crippen molar-refractivity contribution in [2.75, 3.05) is 18.5 Å². The number of nitrogens with one attached hydrogen (secondary N) is 1. The number of carbonyl (C=O) groups is 2. The molecule has 1 aromatic carbocycles. The predicted octanol–water partition coefficient (Wildman–Crippen LogP) is 3.98. The van der Waals surface area contributed by atoms with Crippen molar-refractivity contribution < 1.29 is 23.5 Å². The Morgan fingerprint density at radius 3 is 2.33 bits per heavy atom. The highest BCUT2D eigenvalue weighted by Gasteiger charge is 2.25. The van der Waals surface area contributed by atoms with Crippen LogP contribution < -0.4 is 10.9 Å². The molecule has 0 saturated carbocycles. The normalized spacial score (nSPS) is 11.2. The van der Waals surface area contributed by atoms with E-state index in [-0.39, 0.29) is 24.5 Å². The molecule has 162 valence electrons. The summed E-state index contributed by atoms with van der Waals surface area (Å²) in [5.41, 5.74) is -0.831. The number of anilines is 1. The van der Waals surface area contributed by atoms with E-state index in [1.807, 2.05) is 0 Å². The number of carbonyl (C=O) groups excluding carboxylic acids is 2. The van der Waals surface area contributed by atoms with Crippen LogP contribution in [0.1, 0.15) is 43.6 Å². The summed E-state index contributed by atoms with van der Waals surface area (Å²) in [5, 5.41) is 2.89. The van der Waals surface area contributed by atoms with E-state index in [2.05, 4.69) is 21.2 Å². The van der Waals surface area contributed by atoms with E-state index in [9.17, 15) is 18.8 Å². The lowest BCUT2D eigenvalue weighted by atomic mass is 10.1. The molecule has 0 bridgehead atoms. The third-order valence-corrected chi connectivity index (χ3v) is 4.91. The molecule has 0 saturated heterocycles. The topological polar surface area (TPSA) is 86.6 Å². The van der Waals surface area contributed by atoms with Crippen molar-refractivity contribution in [2.45, 2.75) is 40.2 Å². The van der Waals surface area contributed by atoms with Gasteiger partial charge in [-0.15, -0.1) is 0 Å². The lowest BCUT2D eigenvalue weighted by Gasteiger charge is -2.22. The fourth-order valence-electron chi connectivity index (χ4n) is 2.73. The van der Waals surface area contributed by atoms with Gasteiger partial charge in [0.05, 0.1) is 16.8 Å². The van der Waals surface area contributed by atoms with E-state index in [1.165, 1.54) is 28.8 Å². The van der Waals surface area contributed by atoms with Crippen LogP contribution in [0.2, 0.25) is 0 Å². The van der Waals surface area contributed by atoms with Gasteiger partial charge in [0.1, 0.15) is 29.3 Å². The van der Waals surface area contributed by atoms with Crippen molar-refractivity contribution in [1.82, 2.24) is 4.57 Å². The van der Waals surface area contributed by atoms with Crippen molar-refractivity contribution in [2.24, 2.45) is 0 Å². The van der Waals surface area contributed by atoms with Gasteiger partial charge in [0.15, 0.2) is 0 Å². The van der Waals surface area contributed by atoms with Gasteiger partial charge in [0.2, 0.25) is 0 Å². The van der Waals surface area contributed by atoms with Crippen LogP contribution in [0.15, 0.2) is 33.5 Å². The smallest absolute Gasteiger partial charge is 0.344 e. The van der Waals surface area contributed by atoms with Crippen molar-refractivity contribution >= 4 is 33.7 Å². The minimum atomic E-state index is -0.768. The Hall–Kier alpha value is -2.68. The number of pyridine rings is 1. The van der Waals surface area contributed by atoms with Gasteiger partial charge in [-0.2, -0.15) is 0 Å². The maximum absolute atomic E-state index is 13.4. The molecule has 2 aromatic rings. The average Bonchev–Trinajstić information content (AvgIpc) is 2.63. The number of halogens is 2. The molecule has 1 aromatic heterocycles. The third kappa shape index (κ3) is 5.47. The van der Waals surface area contributed by atoms with E-state index in [0.29, 0.717) is 15.7 Å². The van der Waals surface area contributed by atoms with Crippen LogP contribution in [-0.2, 0) is 14.3 Å². The molecule has 9 heteroatoms. The van der Waals surface area contributed by atoms with Gasteiger partial charge in [-0.3, -0.25) is 14.2 Å². The fraction of sp³-hybridized carbons (Fsp3) is 0.381. The van der Waals surface area contributed by atoms with Gasteiger partial charge in [0, 0.05) is 0 Å². The molecule has 0 fully saturated rings. The van der Waals surface area contributed by atoms with E-state index in [4.69, 9.17) is 9.47 Å². The molecule has 0 unspecified atom stereocenters. The number of esters is 2. The van der Waals surface area contributed by atoms with Gasteiger partial charge >= 0.3 is 11.9 Å². The highest BCUT2D eigenvalue weighted by atomic mass is 79.9. The zero-order chi connectivity index (χ0) is 22.6. The zero-order valence-electron chi connectivity index (χ0n) is 17.5. The Kier molecular flexibility index (Phi) is 7.41. The van der Waals surface area contributed by atoms with Crippen molar-refractivity contribution in [1.29, 1.82) is 0 Å². The third-order valence-electron chi connectivity index (χ3n) is 3.94. The van der Waals surface area contributed by atoms with E-state index >= 15 is 0 Å². The lowest BCUT2D eigenvalue weighted by molar-refractivity contribution is -0.152. The lowest BCUT2D eigenvalue weighted by Crippen LogP contribution is -2.33. The first-order valence-electron chi connectivity index (χ1n) is 9.30. The molecule has 1 heterocycles. The summed E-state index contributed by atoms with van der Waals surface area (Å²) in [7, 11) is 0. The largest absolute Gasteiger partial charge is 0.462 e. The molecule has 7 nitrogen and oxygen atoms in total. The molecule has 2 rings (SSSR count). The van der Waals surface area contributed by atoms with Crippen molar-refractivity contribution in [3.63, 3.8) is 0 Å². The molecule has 0 aliphatic rings. The van der Waals surface area contributed by atoms with Gasteiger partial charge in [0.25, 0.3) is 5.56 Å². The first-order valence-corrected chi connectivity index (χ1v) is 10.1. The number of nitrogens with zero attached hydrogens (tertiary/aromatic N) is 1. The molecule has 0 amide bonds. The molecule has 1 N–H and O–H groups in total. The fourth-order valence-corrected chi connectivity index (χ4v) is 3.25. The first-order chi connectivity index (χ1) is 14.0. The average molecular weight is 483 g/mol. The van der Waals surface area contributed by atoms with E-state index in [1.54, 1.807) is 34.6 Å². The van der Waals surface area contributed by atoms with E-state index < -0.39 is 28.9 Å². The maximum Gasteiger partial charge on any atom is 0.344 e. The summed E-state index contributed by atoms with van der Waals surface area (Å²) < 4.78 is 25.3. The summed E-state index contributed by atoms with van der Waals surface area (Å²) in [4.78, 5) is 37.8.